The Balaban J connectivity index is 1.98. The normalized spacial score (nSPS) is 37.3. The largest absolute Gasteiger partial charge is 0.384 e. The average molecular weight is 309 g/mol. The van der Waals surface area contributed by atoms with Crippen molar-refractivity contribution in [1.82, 2.24) is 0 Å². The Morgan fingerprint density at radius 1 is 1.00 bits per heavy atom. The lowest BCUT2D eigenvalue weighted by atomic mass is 9.81. The van der Waals surface area contributed by atoms with E-state index in [4.69, 9.17) is 21.1 Å². The highest BCUT2D eigenvalue weighted by molar-refractivity contribution is 6.30. The molecule has 0 radical (unpaired) electrons. The number of benzene rings is 1. The summed E-state index contributed by atoms with van der Waals surface area (Å²) in [5.41, 5.74) is 0.0448. The molecule has 1 aromatic carbocycles. The van der Waals surface area contributed by atoms with E-state index in [0.717, 1.165) is 5.56 Å². The van der Waals surface area contributed by atoms with E-state index < -0.39 is 5.60 Å². The Bertz CT molecular complexity index is 503. The summed E-state index contributed by atoms with van der Waals surface area (Å²) in [6.07, 6.45) is 4.27. The fraction of sp³-hybridized carbons (Fsp3) is 0.529. The minimum Gasteiger partial charge on any atom is -0.384 e. The maximum Gasteiger partial charge on any atom is 0.103 e. The Kier molecular flexibility index (Phi) is 4.10. The van der Waals surface area contributed by atoms with Crippen molar-refractivity contribution in [3.63, 3.8) is 0 Å². The SMILES string of the molecule is COC[C@@H]1[C@H](COC)[C@@H]2C=C[C@H]1C2(O)c1ccc(Cl)cc1. The van der Waals surface area contributed by atoms with E-state index in [1.54, 1.807) is 14.2 Å². The maximum absolute atomic E-state index is 11.4. The third-order valence-electron chi connectivity index (χ3n) is 5.04. The van der Waals surface area contributed by atoms with Gasteiger partial charge in [-0.15, -0.1) is 0 Å². The number of hydrogen-bond acceptors (Lipinski definition) is 3. The molecule has 5 atom stereocenters. The molecule has 0 aromatic heterocycles. The van der Waals surface area contributed by atoms with Crippen molar-refractivity contribution in [1.29, 1.82) is 0 Å². The summed E-state index contributed by atoms with van der Waals surface area (Å²) in [6, 6.07) is 7.52. The zero-order chi connectivity index (χ0) is 15.0. The summed E-state index contributed by atoms with van der Waals surface area (Å²) in [6.45, 7) is 1.27. The van der Waals surface area contributed by atoms with E-state index in [1.165, 1.54) is 0 Å². The minimum absolute atomic E-state index is 0.0591. The van der Waals surface area contributed by atoms with E-state index in [-0.39, 0.29) is 23.7 Å². The lowest BCUT2D eigenvalue weighted by molar-refractivity contribution is -0.0159. The van der Waals surface area contributed by atoms with E-state index in [9.17, 15) is 5.11 Å². The highest BCUT2D eigenvalue weighted by Crippen LogP contribution is 2.59. The first-order valence-electron chi connectivity index (χ1n) is 7.27. The first-order valence-corrected chi connectivity index (χ1v) is 7.65. The molecule has 114 valence electrons. The van der Waals surface area contributed by atoms with Crippen LogP contribution < -0.4 is 0 Å². The van der Waals surface area contributed by atoms with Crippen LogP contribution in [0.25, 0.3) is 0 Å². The predicted molar refractivity (Wildman–Crippen MR) is 82.2 cm³/mol. The molecular weight excluding hydrogens is 288 g/mol. The van der Waals surface area contributed by atoms with Crippen LogP contribution in [0.3, 0.4) is 0 Å². The Morgan fingerprint density at radius 3 is 1.90 bits per heavy atom. The van der Waals surface area contributed by atoms with Crippen LogP contribution in [0.1, 0.15) is 5.56 Å². The molecule has 0 heterocycles. The first kappa shape index (κ1) is 15.0. The maximum atomic E-state index is 11.4. The Labute approximate surface area is 130 Å². The first-order chi connectivity index (χ1) is 10.1. The summed E-state index contributed by atoms with van der Waals surface area (Å²) in [4.78, 5) is 0. The summed E-state index contributed by atoms with van der Waals surface area (Å²) in [7, 11) is 3.42. The number of ether oxygens (including phenoxy) is 2. The van der Waals surface area contributed by atoms with Gasteiger partial charge in [0.15, 0.2) is 0 Å². The van der Waals surface area contributed by atoms with Crippen molar-refractivity contribution in [2.24, 2.45) is 23.7 Å². The lowest BCUT2D eigenvalue weighted by Gasteiger charge is -2.30. The van der Waals surface area contributed by atoms with Crippen LogP contribution in [0.15, 0.2) is 36.4 Å². The molecule has 1 N–H and O–H groups in total. The van der Waals surface area contributed by atoms with Crippen molar-refractivity contribution in [3.05, 3.63) is 47.0 Å². The lowest BCUT2D eigenvalue weighted by Crippen LogP contribution is -2.33. The van der Waals surface area contributed by atoms with E-state index >= 15 is 0 Å². The standard InChI is InChI=1S/C17H21ClO3/c1-20-9-13-14(10-21-2)16-8-7-15(13)17(16,19)11-3-5-12(18)6-4-11/h3-8,13-16,19H,9-10H2,1-2H3/t13-,14+,15-,16+,17?. The number of fused-ring (bicyclic) bond motifs is 2. The Morgan fingerprint density at radius 2 is 1.48 bits per heavy atom. The van der Waals surface area contributed by atoms with Crippen molar-refractivity contribution >= 4 is 11.6 Å². The van der Waals surface area contributed by atoms with Gasteiger partial charge in [0.05, 0.1) is 13.2 Å². The molecule has 0 amide bonds. The highest BCUT2D eigenvalue weighted by Gasteiger charge is 2.61. The van der Waals surface area contributed by atoms with Crippen molar-refractivity contribution < 1.29 is 14.6 Å². The van der Waals surface area contributed by atoms with E-state index in [0.29, 0.717) is 18.2 Å². The molecular formula is C17H21ClO3. The van der Waals surface area contributed by atoms with Gasteiger partial charge in [0.1, 0.15) is 5.60 Å². The zero-order valence-corrected chi connectivity index (χ0v) is 13.1. The minimum atomic E-state index is -0.878. The van der Waals surface area contributed by atoms with Crippen LogP contribution in [0, 0.1) is 23.7 Å². The number of halogens is 1. The highest BCUT2D eigenvalue weighted by atomic mass is 35.5. The zero-order valence-electron chi connectivity index (χ0n) is 12.3. The second kappa shape index (κ2) is 5.73. The van der Waals surface area contributed by atoms with Gasteiger partial charge in [-0.05, 0) is 29.5 Å². The van der Waals surface area contributed by atoms with Gasteiger partial charge in [0, 0.05) is 31.1 Å². The third kappa shape index (κ3) is 2.23. The fourth-order valence-electron chi connectivity index (χ4n) is 4.17. The second-order valence-electron chi connectivity index (χ2n) is 6.01. The molecule has 0 spiro atoms. The van der Waals surface area contributed by atoms with Crippen molar-refractivity contribution in [3.8, 4) is 0 Å². The molecule has 1 fully saturated rings. The molecule has 3 nitrogen and oxygen atoms in total. The molecule has 2 bridgehead atoms. The topological polar surface area (TPSA) is 38.7 Å². The predicted octanol–water partition coefficient (Wildman–Crippen LogP) is 2.87. The molecule has 2 aliphatic carbocycles. The number of rotatable bonds is 5. The van der Waals surface area contributed by atoms with Crippen molar-refractivity contribution in [2.45, 2.75) is 5.60 Å². The van der Waals surface area contributed by atoms with Crippen molar-refractivity contribution in [2.75, 3.05) is 27.4 Å². The van der Waals surface area contributed by atoms with Crippen LogP contribution in [0.5, 0.6) is 0 Å². The summed E-state index contributed by atoms with van der Waals surface area (Å²) in [5, 5.41) is 12.1. The molecule has 2 aliphatic rings. The molecule has 1 aromatic rings. The van der Waals surface area contributed by atoms with Gasteiger partial charge in [-0.2, -0.15) is 0 Å². The fourth-order valence-corrected chi connectivity index (χ4v) is 4.29. The quantitative estimate of drug-likeness (QED) is 0.850. The van der Waals surface area contributed by atoms with Gasteiger partial charge in [-0.25, -0.2) is 0 Å². The van der Waals surface area contributed by atoms with Gasteiger partial charge < -0.3 is 14.6 Å². The molecule has 1 saturated carbocycles. The average Bonchev–Trinajstić information content (AvgIpc) is 2.91. The molecule has 21 heavy (non-hydrogen) atoms. The van der Waals surface area contributed by atoms with E-state index in [1.807, 2.05) is 24.3 Å². The Hall–Kier alpha value is -0.870. The smallest absolute Gasteiger partial charge is 0.103 e. The van der Waals surface area contributed by atoms with Gasteiger partial charge in [-0.1, -0.05) is 35.9 Å². The summed E-state index contributed by atoms with van der Waals surface area (Å²) < 4.78 is 10.8. The molecule has 4 heteroatoms. The van der Waals surface area contributed by atoms with Gasteiger partial charge in [-0.3, -0.25) is 0 Å². The van der Waals surface area contributed by atoms with Crippen LogP contribution in [-0.2, 0) is 15.1 Å². The number of hydrogen-bond donors (Lipinski definition) is 1. The van der Waals surface area contributed by atoms with Crippen LogP contribution in [0.4, 0.5) is 0 Å². The van der Waals surface area contributed by atoms with Gasteiger partial charge >= 0.3 is 0 Å². The number of aliphatic hydroxyl groups is 1. The van der Waals surface area contributed by atoms with E-state index in [2.05, 4.69) is 12.2 Å². The summed E-state index contributed by atoms with van der Waals surface area (Å²) >= 11 is 5.97. The molecule has 0 saturated heterocycles. The van der Waals surface area contributed by atoms with Crippen LogP contribution in [0.2, 0.25) is 5.02 Å². The van der Waals surface area contributed by atoms with Crippen LogP contribution in [-0.4, -0.2) is 32.5 Å². The second-order valence-corrected chi connectivity index (χ2v) is 6.44. The molecule has 0 aliphatic heterocycles. The molecule has 3 rings (SSSR count). The summed E-state index contributed by atoms with van der Waals surface area (Å²) in [5.74, 6) is 0.656. The monoisotopic (exact) mass is 308 g/mol. The third-order valence-corrected chi connectivity index (χ3v) is 5.29. The number of methoxy groups -OCH3 is 2. The molecule has 1 unspecified atom stereocenters. The van der Waals surface area contributed by atoms with Crippen LogP contribution >= 0.6 is 11.6 Å². The van der Waals surface area contributed by atoms with Gasteiger partial charge in [0.25, 0.3) is 0 Å². The van der Waals surface area contributed by atoms with Gasteiger partial charge in [0.2, 0.25) is 0 Å².